The molecule has 0 aliphatic carbocycles. The fourth-order valence-corrected chi connectivity index (χ4v) is 1.96. The summed E-state index contributed by atoms with van der Waals surface area (Å²) in [5, 5.41) is 0. The predicted molar refractivity (Wildman–Crippen MR) is 73.2 cm³/mol. The van der Waals surface area contributed by atoms with Crippen molar-refractivity contribution < 1.29 is 28.4 Å². The molecule has 1 aromatic rings. The van der Waals surface area contributed by atoms with Gasteiger partial charge in [0.15, 0.2) is 0 Å². The normalized spacial score (nSPS) is 12.2. The summed E-state index contributed by atoms with van der Waals surface area (Å²) in [5.41, 5.74) is 0.584. The summed E-state index contributed by atoms with van der Waals surface area (Å²) in [7, 11) is -4.52. The van der Waals surface area contributed by atoms with E-state index in [1.807, 2.05) is 6.07 Å². The summed E-state index contributed by atoms with van der Waals surface area (Å²) in [4.78, 5) is 29.2. The minimum absolute atomic E-state index is 0.000166. The number of carbonyl (C=O) groups is 1. The lowest BCUT2D eigenvalue weighted by Crippen LogP contribution is -2.27. The van der Waals surface area contributed by atoms with Gasteiger partial charge in [-0.1, -0.05) is 32.0 Å². The van der Waals surface area contributed by atoms with Gasteiger partial charge in [-0.25, -0.2) is 9.36 Å². The summed E-state index contributed by atoms with van der Waals surface area (Å²) < 4.78 is 20.2. The molecule has 0 saturated carbocycles. The van der Waals surface area contributed by atoms with Crippen molar-refractivity contribution >= 4 is 13.8 Å². The van der Waals surface area contributed by atoms with E-state index in [0.29, 0.717) is 5.56 Å². The van der Waals surface area contributed by atoms with Crippen LogP contribution in [0.4, 0.5) is 0 Å². The molecule has 1 rings (SSSR count). The number of benzene rings is 1. The largest absolute Gasteiger partial charge is 0.469 e. The van der Waals surface area contributed by atoms with Crippen molar-refractivity contribution in [3.05, 3.63) is 35.4 Å². The van der Waals surface area contributed by atoms with Crippen LogP contribution in [0, 0.1) is 12.3 Å². The maximum atomic E-state index is 11.9. The number of phosphoric ester groups is 1. The van der Waals surface area contributed by atoms with Crippen LogP contribution in [0.25, 0.3) is 0 Å². The fourth-order valence-electron chi connectivity index (χ4n) is 1.44. The molecule has 6 nitrogen and oxygen atoms in total. The highest BCUT2D eigenvalue weighted by Gasteiger charge is 2.26. The first-order chi connectivity index (χ1) is 9.11. The third-order valence-corrected chi connectivity index (χ3v) is 3.05. The molecule has 0 atom stereocenters. The Morgan fingerprint density at radius 2 is 1.85 bits per heavy atom. The van der Waals surface area contributed by atoms with Gasteiger partial charge in [0.25, 0.3) is 0 Å². The third kappa shape index (κ3) is 5.84. The Labute approximate surface area is 118 Å². The Hall–Kier alpha value is -1.20. The Morgan fingerprint density at radius 3 is 2.40 bits per heavy atom. The number of carbonyl (C=O) groups excluding carboxylic acids is 1. The van der Waals surface area contributed by atoms with Crippen LogP contribution in [0.5, 0.6) is 0 Å². The molecule has 0 bridgehead atoms. The molecule has 0 aromatic heterocycles. The Kier molecular flexibility index (Phi) is 5.48. The molecule has 0 aliphatic heterocycles. The Morgan fingerprint density at radius 1 is 1.25 bits per heavy atom. The van der Waals surface area contributed by atoms with Gasteiger partial charge in [-0.15, -0.1) is 0 Å². The minimum Gasteiger partial charge on any atom is -0.461 e. The van der Waals surface area contributed by atoms with Gasteiger partial charge in [0, 0.05) is 5.41 Å². The summed E-state index contributed by atoms with van der Waals surface area (Å²) in [6.45, 7) is 4.97. The number of hydrogen-bond acceptors (Lipinski definition) is 4. The van der Waals surface area contributed by atoms with Gasteiger partial charge in [0.2, 0.25) is 0 Å². The topological polar surface area (TPSA) is 93.1 Å². The quantitative estimate of drug-likeness (QED) is 0.618. The highest BCUT2D eigenvalue weighted by Crippen LogP contribution is 2.38. The van der Waals surface area contributed by atoms with Crippen molar-refractivity contribution in [2.45, 2.75) is 20.8 Å². The number of aryl methyl sites for hydroxylation is 1. The zero-order chi connectivity index (χ0) is 15.4. The zero-order valence-electron chi connectivity index (χ0n) is 11.7. The molecule has 0 amide bonds. The van der Waals surface area contributed by atoms with Crippen LogP contribution in [-0.4, -0.2) is 29.0 Å². The number of esters is 1. The Balaban J connectivity index is 2.56. The van der Waals surface area contributed by atoms with Crippen LogP contribution in [0.15, 0.2) is 24.3 Å². The number of phosphoric acid groups is 1. The lowest BCUT2D eigenvalue weighted by Gasteiger charge is -2.24. The van der Waals surface area contributed by atoms with E-state index >= 15 is 0 Å². The molecule has 0 aliphatic rings. The van der Waals surface area contributed by atoms with Gasteiger partial charge >= 0.3 is 13.8 Å². The van der Waals surface area contributed by atoms with Crippen LogP contribution in [0.1, 0.15) is 29.8 Å². The number of rotatable bonds is 6. The molecule has 1 aromatic carbocycles. The number of hydrogen-bond donors (Lipinski definition) is 2. The van der Waals surface area contributed by atoms with Crippen LogP contribution >= 0.6 is 7.82 Å². The molecule has 2 N–H and O–H groups in total. The summed E-state index contributed by atoms with van der Waals surface area (Å²) in [6, 6.07) is 7.03. The lowest BCUT2D eigenvalue weighted by molar-refractivity contribution is 0.0214. The van der Waals surface area contributed by atoms with E-state index in [9.17, 15) is 9.36 Å². The van der Waals surface area contributed by atoms with Gasteiger partial charge in [-0.2, -0.15) is 0 Å². The average Bonchev–Trinajstić information content (AvgIpc) is 2.34. The molecule has 7 heteroatoms. The first kappa shape index (κ1) is 16.9. The second kappa shape index (κ2) is 6.50. The van der Waals surface area contributed by atoms with E-state index in [1.165, 1.54) is 0 Å². The van der Waals surface area contributed by atoms with E-state index < -0.39 is 19.2 Å². The van der Waals surface area contributed by atoms with Gasteiger partial charge in [-0.3, -0.25) is 4.52 Å². The van der Waals surface area contributed by atoms with E-state index in [-0.39, 0.29) is 13.2 Å². The standard InChI is InChI=1S/C13H19O6P/c1-10-6-4-5-7-11(10)12(14)18-8-13(2,3)9-19-20(15,16)17/h4-7H,8-9H2,1-3H3,(H2,15,16,17). The summed E-state index contributed by atoms with van der Waals surface area (Å²) in [5.74, 6) is -0.465. The molecule has 0 saturated heterocycles. The van der Waals surface area contributed by atoms with Crippen molar-refractivity contribution in [2.24, 2.45) is 5.41 Å². The maximum Gasteiger partial charge on any atom is 0.469 e. The third-order valence-electron chi connectivity index (χ3n) is 2.58. The van der Waals surface area contributed by atoms with Gasteiger partial charge in [0.05, 0.1) is 18.8 Å². The Bertz CT molecular complexity index is 519. The molecule has 20 heavy (non-hydrogen) atoms. The van der Waals surface area contributed by atoms with Gasteiger partial charge in [0.1, 0.15) is 0 Å². The molecule has 0 heterocycles. The van der Waals surface area contributed by atoms with Crippen LogP contribution in [0.3, 0.4) is 0 Å². The summed E-state index contributed by atoms with van der Waals surface area (Å²) >= 11 is 0. The van der Waals surface area contributed by atoms with E-state index in [4.69, 9.17) is 14.5 Å². The number of ether oxygens (including phenoxy) is 1. The second-order valence-corrected chi connectivity index (χ2v) is 6.56. The molecular weight excluding hydrogens is 283 g/mol. The van der Waals surface area contributed by atoms with Crippen molar-refractivity contribution in [3.63, 3.8) is 0 Å². The molecule has 0 radical (unpaired) electrons. The van der Waals surface area contributed by atoms with E-state index in [0.717, 1.165) is 5.56 Å². The van der Waals surface area contributed by atoms with Crippen LogP contribution in [0.2, 0.25) is 0 Å². The van der Waals surface area contributed by atoms with Crippen LogP contribution in [-0.2, 0) is 13.8 Å². The second-order valence-electron chi connectivity index (χ2n) is 5.32. The fraction of sp³-hybridized carbons (Fsp3) is 0.462. The SMILES string of the molecule is Cc1ccccc1C(=O)OCC(C)(C)COP(=O)(O)O. The average molecular weight is 302 g/mol. The van der Waals surface area contributed by atoms with Crippen molar-refractivity contribution in [1.29, 1.82) is 0 Å². The van der Waals surface area contributed by atoms with Gasteiger partial charge in [-0.05, 0) is 18.6 Å². The highest BCUT2D eigenvalue weighted by molar-refractivity contribution is 7.46. The van der Waals surface area contributed by atoms with Crippen LogP contribution < -0.4 is 0 Å². The van der Waals surface area contributed by atoms with Crippen molar-refractivity contribution in [1.82, 2.24) is 0 Å². The van der Waals surface area contributed by atoms with E-state index in [2.05, 4.69) is 4.52 Å². The van der Waals surface area contributed by atoms with E-state index in [1.54, 1.807) is 39.0 Å². The molecular formula is C13H19O6P. The van der Waals surface area contributed by atoms with Crippen molar-refractivity contribution in [2.75, 3.05) is 13.2 Å². The van der Waals surface area contributed by atoms with Crippen molar-refractivity contribution in [3.8, 4) is 0 Å². The zero-order valence-corrected chi connectivity index (χ0v) is 12.6. The molecule has 0 unspecified atom stereocenters. The summed E-state index contributed by atoms with van der Waals surface area (Å²) in [6.07, 6.45) is 0. The molecule has 0 fully saturated rings. The monoisotopic (exact) mass is 302 g/mol. The highest BCUT2D eigenvalue weighted by atomic mass is 31.2. The maximum absolute atomic E-state index is 11.9. The first-order valence-electron chi connectivity index (χ1n) is 6.04. The molecule has 112 valence electrons. The minimum atomic E-state index is -4.52. The predicted octanol–water partition coefficient (Wildman–Crippen LogP) is 2.29. The molecule has 0 spiro atoms. The smallest absolute Gasteiger partial charge is 0.461 e. The first-order valence-corrected chi connectivity index (χ1v) is 7.57. The van der Waals surface area contributed by atoms with Gasteiger partial charge < -0.3 is 14.5 Å². The lowest BCUT2D eigenvalue weighted by atomic mass is 9.96.